The summed E-state index contributed by atoms with van der Waals surface area (Å²) in [5.74, 6) is 1.41. The van der Waals surface area contributed by atoms with E-state index < -0.39 is 0 Å². The Hall–Kier alpha value is -1.81. The van der Waals surface area contributed by atoms with Crippen LogP contribution in [-0.2, 0) is 11.2 Å². The van der Waals surface area contributed by atoms with Gasteiger partial charge in [-0.25, -0.2) is 0 Å². The molecule has 0 spiro atoms. The van der Waals surface area contributed by atoms with Gasteiger partial charge in [0.1, 0.15) is 5.75 Å². The number of rotatable bonds is 7. The Morgan fingerprint density at radius 2 is 1.95 bits per heavy atom. The highest BCUT2D eigenvalue weighted by Gasteiger charge is 2.16. The quantitative estimate of drug-likeness (QED) is 0.831. The van der Waals surface area contributed by atoms with Crippen molar-refractivity contribution in [3.05, 3.63) is 52.2 Å². The van der Waals surface area contributed by atoms with Gasteiger partial charge in [0.25, 0.3) is 0 Å². The molecule has 1 N–H and O–H groups in total. The molecule has 0 aliphatic heterocycles. The number of nitrogens with one attached hydrogen (secondary N) is 1. The first-order valence-corrected chi connectivity index (χ1v) is 8.42. The Morgan fingerprint density at radius 1 is 1.23 bits per heavy atom. The van der Waals surface area contributed by atoms with E-state index in [1.807, 2.05) is 41.8 Å². The molecule has 1 aromatic heterocycles. The van der Waals surface area contributed by atoms with Gasteiger partial charge in [0.05, 0.1) is 19.6 Å². The van der Waals surface area contributed by atoms with Gasteiger partial charge in [0.2, 0.25) is 5.91 Å². The highest BCUT2D eigenvalue weighted by atomic mass is 32.1. The first-order valence-electron chi connectivity index (χ1n) is 7.54. The van der Waals surface area contributed by atoms with E-state index in [0.717, 1.165) is 22.6 Å². The Labute approximate surface area is 136 Å². The van der Waals surface area contributed by atoms with Crippen molar-refractivity contribution < 1.29 is 9.53 Å². The predicted octanol–water partition coefficient (Wildman–Crippen LogP) is 4.20. The molecule has 0 fully saturated rings. The first-order chi connectivity index (χ1) is 10.6. The molecule has 1 aromatic carbocycles. The van der Waals surface area contributed by atoms with Crippen molar-refractivity contribution in [3.63, 3.8) is 0 Å². The summed E-state index contributed by atoms with van der Waals surface area (Å²) in [5, 5.41) is 5.17. The standard InChI is InChI=1S/C18H23NO2S/c1-13(2)11-17(14-6-8-15(21-3)9-7-14)19-18(20)12-16-5-4-10-22-16/h4-10,13,17H,11-12H2,1-3H3,(H,19,20)/t17-/m0/s1. The normalized spacial score (nSPS) is 12.2. The monoisotopic (exact) mass is 317 g/mol. The van der Waals surface area contributed by atoms with Gasteiger partial charge in [0.15, 0.2) is 0 Å². The largest absolute Gasteiger partial charge is 0.497 e. The van der Waals surface area contributed by atoms with E-state index in [-0.39, 0.29) is 11.9 Å². The number of hydrogen-bond donors (Lipinski definition) is 1. The molecule has 0 bridgehead atoms. The summed E-state index contributed by atoms with van der Waals surface area (Å²) in [5.41, 5.74) is 1.12. The summed E-state index contributed by atoms with van der Waals surface area (Å²) in [6.07, 6.45) is 1.37. The second-order valence-electron chi connectivity index (χ2n) is 5.78. The Balaban J connectivity index is 2.06. The number of thiophene rings is 1. The van der Waals surface area contributed by atoms with Crippen LogP contribution in [0.15, 0.2) is 41.8 Å². The Kier molecular flexibility index (Phi) is 6.01. The van der Waals surface area contributed by atoms with Gasteiger partial charge in [-0.3, -0.25) is 4.79 Å². The first kappa shape index (κ1) is 16.6. The van der Waals surface area contributed by atoms with E-state index in [9.17, 15) is 4.79 Å². The van der Waals surface area contributed by atoms with Crippen LogP contribution in [0.1, 0.15) is 36.8 Å². The Morgan fingerprint density at radius 3 is 2.50 bits per heavy atom. The molecule has 0 radical (unpaired) electrons. The van der Waals surface area contributed by atoms with Crippen molar-refractivity contribution in [1.29, 1.82) is 0 Å². The minimum atomic E-state index is 0.0402. The predicted molar refractivity (Wildman–Crippen MR) is 91.4 cm³/mol. The van der Waals surface area contributed by atoms with Gasteiger partial charge >= 0.3 is 0 Å². The van der Waals surface area contributed by atoms with Gasteiger partial charge in [-0.2, -0.15) is 0 Å². The fourth-order valence-electron chi connectivity index (χ4n) is 2.40. The van der Waals surface area contributed by atoms with Gasteiger partial charge in [-0.15, -0.1) is 11.3 Å². The van der Waals surface area contributed by atoms with Crippen molar-refractivity contribution in [2.45, 2.75) is 32.7 Å². The summed E-state index contributed by atoms with van der Waals surface area (Å²) in [6, 6.07) is 11.9. The molecule has 1 amide bonds. The molecule has 22 heavy (non-hydrogen) atoms. The van der Waals surface area contributed by atoms with Crippen LogP contribution in [0.5, 0.6) is 5.75 Å². The second-order valence-corrected chi connectivity index (χ2v) is 6.81. The minimum absolute atomic E-state index is 0.0402. The van der Waals surface area contributed by atoms with E-state index in [2.05, 4.69) is 19.2 Å². The minimum Gasteiger partial charge on any atom is -0.497 e. The lowest BCUT2D eigenvalue weighted by atomic mass is 9.96. The number of carbonyl (C=O) groups is 1. The number of benzene rings is 1. The molecule has 3 nitrogen and oxygen atoms in total. The molecular weight excluding hydrogens is 294 g/mol. The molecule has 0 saturated carbocycles. The van der Waals surface area contributed by atoms with Crippen LogP contribution in [0.2, 0.25) is 0 Å². The third-order valence-corrected chi connectivity index (χ3v) is 4.35. The van der Waals surface area contributed by atoms with Crippen LogP contribution >= 0.6 is 11.3 Å². The lowest BCUT2D eigenvalue weighted by molar-refractivity contribution is -0.121. The molecular formula is C18H23NO2S. The third kappa shape index (κ3) is 4.88. The van der Waals surface area contributed by atoms with Crippen molar-refractivity contribution in [2.24, 2.45) is 5.92 Å². The average Bonchev–Trinajstić information content (AvgIpc) is 2.99. The molecule has 2 aromatic rings. The van der Waals surface area contributed by atoms with Crippen LogP contribution in [0.25, 0.3) is 0 Å². The fraction of sp³-hybridized carbons (Fsp3) is 0.389. The topological polar surface area (TPSA) is 38.3 Å². The van der Waals surface area contributed by atoms with E-state index in [0.29, 0.717) is 12.3 Å². The lowest BCUT2D eigenvalue weighted by Crippen LogP contribution is -2.30. The van der Waals surface area contributed by atoms with E-state index in [4.69, 9.17) is 4.74 Å². The highest BCUT2D eigenvalue weighted by molar-refractivity contribution is 7.10. The van der Waals surface area contributed by atoms with Crippen LogP contribution < -0.4 is 10.1 Å². The molecule has 1 heterocycles. The number of ether oxygens (including phenoxy) is 1. The molecule has 0 unspecified atom stereocenters. The second kappa shape index (κ2) is 7.99. The summed E-state index contributed by atoms with van der Waals surface area (Å²) in [4.78, 5) is 13.4. The number of hydrogen-bond acceptors (Lipinski definition) is 3. The molecule has 4 heteroatoms. The molecule has 0 aliphatic rings. The van der Waals surface area contributed by atoms with Crippen LogP contribution in [0.4, 0.5) is 0 Å². The van der Waals surface area contributed by atoms with Gasteiger partial charge in [-0.1, -0.05) is 32.0 Å². The average molecular weight is 317 g/mol. The molecule has 0 saturated heterocycles. The highest BCUT2D eigenvalue weighted by Crippen LogP contribution is 2.24. The van der Waals surface area contributed by atoms with Gasteiger partial charge in [0, 0.05) is 4.88 Å². The summed E-state index contributed by atoms with van der Waals surface area (Å²) >= 11 is 1.62. The number of carbonyl (C=O) groups excluding carboxylic acids is 1. The fourth-order valence-corrected chi connectivity index (χ4v) is 3.11. The van der Waals surface area contributed by atoms with E-state index in [1.165, 1.54) is 0 Å². The van der Waals surface area contributed by atoms with Crippen molar-refractivity contribution in [2.75, 3.05) is 7.11 Å². The zero-order chi connectivity index (χ0) is 15.9. The molecule has 1 atom stereocenters. The van der Waals surface area contributed by atoms with Crippen molar-refractivity contribution >= 4 is 17.2 Å². The van der Waals surface area contributed by atoms with Crippen molar-refractivity contribution in [1.82, 2.24) is 5.32 Å². The SMILES string of the molecule is COc1ccc([C@H](CC(C)C)NC(=O)Cc2cccs2)cc1. The lowest BCUT2D eigenvalue weighted by Gasteiger charge is -2.21. The maximum Gasteiger partial charge on any atom is 0.225 e. The molecule has 2 rings (SSSR count). The van der Waals surface area contributed by atoms with E-state index >= 15 is 0 Å². The summed E-state index contributed by atoms with van der Waals surface area (Å²) in [6.45, 7) is 4.34. The number of amides is 1. The van der Waals surface area contributed by atoms with Crippen LogP contribution in [-0.4, -0.2) is 13.0 Å². The Bertz CT molecular complexity index is 576. The van der Waals surface area contributed by atoms with E-state index in [1.54, 1.807) is 18.4 Å². The molecule has 0 aliphatic carbocycles. The summed E-state index contributed by atoms with van der Waals surface area (Å²) < 4.78 is 5.20. The smallest absolute Gasteiger partial charge is 0.225 e. The maximum absolute atomic E-state index is 12.3. The zero-order valence-corrected chi connectivity index (χ0v) is 14.2. The molecule has 118 valence electrons. The van der Waals surface area contributed by atoms with Gasteiger partial charge < -0.3 is 10.1 Å². The van der Waals surface area contributed by atoms with Crippen LogP contribution in [0, 0.1) is 5.92 Å². The third-order valence-electron chi connectivity index (χ3n) is 3.48. The zero-order valence-electron chi connectivity index (χ0n) is 13.3. The number of methoxy groups -OCH3 is 1. The van der Waals surface area contributed by atoms with Crippen molar-refractivity contribution in [3.8, 4) is 5.75 Å². The summed E-state index contributed by atoms with van der Waals surface area (Å²) in [7, 11) is 1.66. The van der Waals surface area contributed by atoms with Gasteiger partial charge in [-0.05, 0) is 41.5 Å². The maximum atomic E-state index is 12.3. The van der Waals surface area contributed by atoms with Crippen LogP contribution in [0.3, 0.4) is 0 Å².